The average Bonchev–Trinajstić information content (AvgIpc) is 2.46. The summed E-state index contributed by atoms with van der Waals surface area (Å²) in [4.78, 5) is 0. The van der Waals surface area contributed by atoms with E-state index in [-0.39, 0.29) is 5.82 Å². The minimum absolute atomic E-state index is 0.363. The van der Waals surface area contributed by atoms with E-state index in [1.807, 2.05) is 0 Å². The van der Waals surface area contributed by atoms with Crippen molar-refractivity contribution in [2.24, 2.45) is 0 Å². The molecular formula is C15H11Cl2FO2. The number of fused-ring (bicyclic) bond motifs is 1. The number of halogens is 3. The van der Waals surface area contributed by atoms with Crippen LogP contribution < -0.4 is 9.47 Å². The average molecular weight is 313 g/mol. The zero-order valence-corrected chi connectivity index (χ0v) is 11.9. The molecule has 1 aliphatic rings. The van der Waals surface area contributed by atoms with Crippen molar-refractivity contribution in [3.8, 4) is 11.5 Å². The van der Waals surface area contributed by atoms with Gasteiger partial charge in [0.25, 0.3) is 0 Å². The van der Waals surface area contributed by atoms with Crippen LogP contribution in [0, 0.1) is 5.82 Å². The van der Waals surface area contributed by atoms with Crippen LogP contribution in [0.5, 0.6) is 11.5 Å². The van der Waals surface area contributed by atoms with Crippen molar-refractivity contribution in [2.75, 3.05) is 13.2 Å². The van der Waals surface area contributed by atoms with Gasteiger partial charge < -0.3 is 9.47 Å². The standard InChI is InChI=1S/C15H11Cl2FO2/c16-11-8-14-13(19-5-6-20-14)7-10(11)15(17)9-3-1-2-4-12(9)18/h1-4,7-8,15H,5-6H2. The maximum absolute atomic E-state index is 13.8. The third kappa shape index (κ3) is 2.43. The maximum Gasteiger partial charge on any atom is 0.162 e. The van der Waals surface area contributed by atoms with E-state index in [0.29, 0.717) is 40.9 Å². The zero-order chi connectivity index (χ0) is 14.1. The number of alkyl halides is 1. The van der Waals surface area contributed by atoms with Gasteiger partial charge in [-0.2, -0.15) is 0 Å². The molecule has 2 aromatic carbocycles. The van der Waals surface area contributed by atoms with Crippen LogP contribution in [0.2, 0.25) is 5.02 Å². The molecule has 0 bridgehead atoms. The summed E-state index contributed by atoms with van der Waals surface area (Å²) in [7, 11) is 0. The third-order valence-electron chi connectivity index (χ3n) is 3.11. The quantitative estimate of drug-likeness (QED) is 0.756. The highest BCUT2D eigenvalue weighted by Gasteiger charge is 2.22. The molecule has 2 nitrogen and oxygen atoms in total. The van der Waals surface area contributed by atoms with Gasteiger partial charge in [0.15, 0.2) is 11.5 Å². The summed E-state index contributed by atoms with van der Waals surface area (Å²) in [5.74, 6) is 0.804. The van der Waals surface area contributed by atoms with E-state index in [1.165, 1.54) is 6.07 Å². The van der Waals surface area contributed by atoms with Crippen LogP contribution in [-0.4, -0.2) is 13.2 Å². The lowest BCUT2D eigenvalue weighted by atomic mass is 10.0. The van der Waals surface area contributed by atoms with Crippen LogP contribution in [0.4, 0.5) is 4.39 Å². The normalized spacial score (nSPS) is 14.9. The van der Waals surface area contributed by atoms with E-state index in [0.717, 1.165) is 0 Å². The number of hydrogen-bond acceptors (Lipinski definition) is 2. The van der Waals surface area contributed by atoms with Gasteiger partial charge in [0.2, 0.25) is 0 Å². The van der Waals surface area contributed by atoms with E-state index in [1.54, 1.807) is 30.3 Å². The molecular weight excluding hydrogens is 302 g/mol. The van der Waals surface area contributed by atoms with Gasteiger partial charge in [0.1, 0.15) is 19.0 Å². The van der Waals surface area contributed by atoms with Gasteiger partial charge in [-0.1, -0.05) is 29.8 Å². The fraction of sp³-hybridized carbons (Fsp3) is 0.200. The number of rotatable bonds is 2. The third-order valence-corrected chi connectivity index (χ3v) is 3.91. The minimum atomic E-state index is -0.681. The van der Waals surface area contributed by atoms with Crippen LogP contribution in [0.3, 0.4) is 0 Å². The largest absolute Gasteiger partial charge is 0.486 e. The van der Waals surface area contributed by atoms with Gasteiger partial charge in [-0.15, -0.1) is 11.6 Å². The molecule has 1 unspecified atom stereocenters. The smallest absolute Gasteiger partial charge is 0.162 e. The lowest BCUT2D eigenvalue weighted by Gasteiger charge is -2.21. The molecule has 0 saturated heterocycles. The molecule has 1 aliphatic heterocycles. The Balaban J connectivity index is 2.03. The monoisotopic (exact) mass is 312 g/mol. The molecule has 0 amide bonds. The van der Waals surface area contributed by atoms with Crippen LogP contribution >= 0.6 is 23.2 Å². The Kier molecular flexibility index (Phi) is 3.72. The molecule has 2 aromatic rings. The first-order chi connectivity index (χ1) is 9.66. The molecule has 0 spiro atoms. The fourth-order valence-electron chi connectivity index (χ4n) is 2.12. The van der Waals surface area contributed by atoms with E-state index >= 15 is 0 Å². The van der Waals surface area contributed by atoms with Crippen molar-refractivity contribution >= 4 is 23.2 Å². The number of benzene rings is 2. The Labute approximate surface area is 126 Å². The molecule has 104 valence electrons. The molecule has 0 aliphatic carbocycles. The van der Waals surface area contributed by atoms with Crippen molar-refractivity contribution < 1.29 is 13.9 Å². The molecule has 0 aromatic heterocycles. The van der Waals surface area contributed by atoms with Crippen LogP contribution in [0.1, 0.15) is 16.5 Å². The number of hydrogen-bond donors (Lipinski definition) is 0. The highest BCUT2D eigenvalue weighted by Crippen LogP contribution is 2.41. The van der Waals surface area contributed by atoms with E-state index in [9.17, 15) is 4.39 Å². The van der Waals surface area contributed by atoms with Crippen molar-refractivity contribution in [1.82, 2.24) is 0 Å². The predicted molar refractivity (Wildman–Crippen MR) is 76.5 cm³/mol. The fourth-order valence-corrected chi connectivity index (χ4v) is 2.80. The van der Waals surface area contributed by atoms with Crippen LogP contribution in [0.25, 0.3) is 0 Å². The second kappa shape index (κ2) is 5.51. The summed E-state index contributed by atoms with van der Waals surface area (Å²) >= 11 is 12.6. The van der Waals surface area contributed by atoms with E-state index in [4.69, 9.17) is 32.7 Å². The summed E-state index contributed by atoms with van der Waals surface area (Å²) in [5.41, 5.74) is 0.982. The molecule has 1 heterocycles. The summed E-state index contributed by atoms with van der Waals surface area (Å²) in [6.07, 6.45) is 0. The van der Waals surface area contributed by atoms with Crippen molar-refractivity contribution in [1.29, 1.82) is 0 Å². The highest BCUT2D eigenvalue weighted by atomic mass is 35.5. The van der Waals surface area contributed by atoms with E-state index in [2.05, 4.69) is 0 Å². The van der Waals surface area contributed by atoms with Gasteiger partial charge in [0.05, 0.1) is 5.38 Å². The maximum atomic E-state index is 13.8. The van der Waals surface area contributed by atoms with Gasteiger partial charge in [-0.05, 0) is 17.7 Å². The molecule has 3 rings (SSSR count). The molecule has 0 fully saturated rings. The molecule has 0 radical (unpaired) electrons. The van der Waals surface area contributed by atoms with Gasteiger partial charge in [-0.25, -0.2) is 4.39 Å². The van der Waals surface area contributed by atoms with Gasteiger partial charge in [-0.3, -0.25) is 0 Å². The first-order valence-electron chi connectivity index (χ1n) is 6.14. The highest BCUT2D eigenvalue weighted by molar-refractivity contribution is 6.33. The van der Waals surface area contributed by atoms with Gasteiger partial charge in [0, 0.05) is 16.7 Å². The predicted octanol–water partition coefficient (Wildman–Crippen LogP) is 4.58. The summed E-state index contributed by atoms with van der Waals surface area (Å²) in [6.45, 7) is 0.959. The molecule has 1 atom stereocenters. The van der Waals surface area contributed by atoms with Crippen molar-refractivity contribution in [3.05, 3.63) is 58.4 Å². The van der Waals surface area contributed by atoms with Crippen LogP contribution in [-0.2, 0) is 0 Å². The van der Waals surface area contributed by atoms with E-state index < -0.39 is 5.38 Å². The van der Waals surface area contributed by atoms with Crippen molar-refractivity contribution in [2.45, 2.75) is 5.38 Å². The van der Waals surface area contributed by atoms with Gasteiger partial charge >= 0.3 is 0 Å². The second-order valence-electron chi connectivity index (χ2n) is 4.40. The second-order valence-corrected chi connectivity index (χ2v) is 5.25. The zero-order valence-electron chi connectivity index (χ0n) is 10.4. The Bertz CT molecular complexity index is 646. The summed E-state index contributed by atoms with van der Waals surface area (Å²) in [6, 6.07) is 9.73. The molecule has 0 saturated carbocycles. The summed E-state index contributed by atoms with van der Waals surface area (Å²) in [5, 5.41) is -0.253. The summed E-state index contributed by atoms with van der Waals surface area (Å²) < 4.78 is 24.8. The van der Waals surface area contributed by atoms with Crippen molar-refractivity contribution in [3.63, 3.8) is 0 Å². The minimum Gasteiger partial charge on any atom is -0.486 e. The topological polar surface area (TPSA) is 18.5 Å². The number of ether oxygens (including phenoxy) is 2. The Morgan fingerprint density at radius 2 is 1.65 bits per heavy atom. The molecule has 20 heavy (non-hydrogen) atoms. The first kappa shape index (κ1) is 13.5. The Hall–Kier alpha value is -1.45. The Morgan fingerprint density at radius 1 is 1.00 bits per heavy atom. The Morgan fingerprint density at radius 3 is 2.35 bits per heavy atom. The SMILES string of the molecule is Fc1ccccc1C(Cl)c1cc2c(cc1Cl)OCCO2. The molecule has 0 N–H and O–H groups in total. The van der Waals surface area contributed by atoms with Crippen LogP contribution in [0.15, 0.2) is 36.4 Å². The molecule has 5 heteroatoms. The lowest BCUT2D eigenvalue weighted by Crippen LogP contribution is -2.15. The lowest BCUT2D eigenvalue weighted by molar-refractivity contribution is 0.171. The first-order valence-corrected chi connectivity index (χ1v) is 6.96.